The Morgan fingerprint density at radius 1 is 1.22 bits per heavy atom. The van der Waals surface area contributed by atoms with Crippen molar-refractivity contribution in [3.05, 3.63) is 34.7 Å². The monoisotopic (exact) mass is 319 g/mol. The number of imidazole rings is 1. The van der Waals surface area contributed by atoms with Gasteiger partial charge in [0, 0.05) is 19.0 Å². The van der Waals surface area contributed by atoms with Crippen LogP contribution in [0.3, 0.4) is 0 Å². The van der Waals surface area contributed by atoms with Crippen molar-refractivity contribution >= 4 is 22.9 Å². The van der Waals surface area contributed by atoms with E-state index in [0.717, 1.165) is 5.52 Å². The number of rotatable bonds is 7. The molecule has 2 N–H and O–H groups in total. The first-order chi connectivity index (χ1) is 10.9. The van der Waals surface area contributed by atoms with Crippen molar-refractivity contribution in [3.63, 3.8) is 0 Å². The van der Waals surface area contributed by atoms with Gasteiger partial charge in [0.25, 0.3) is 0 Å². The van der Waals surface area contributed by atoms with Gasteiger partial charge in [-0.3, -0.25) is 18.7 Å². The van der Waals surface area contributed by atoms with Gasteiger partial charge in [-0.1, -0.05) is 12.1 Å². The number of carboxylic acid groups (broad SMARTS) is 1. The van der Waals surface area contributed by atoms with E-state index in [2.05, 4.69) is 5.32 Å². The number of para-hydroxylation sites is 2. The zero-order valence-electron chi connectivity index (χ0n) is 13.3. The first-order valence-corrected chi connectivity index (χ1v) is 7.63. The number of nitrogens with zero attached hydrogens (tertiary/aromatic N) is 2. The van der Waals surface area contributed by atoms with Crippen LogP contribution >= 0.6 is 0 Å². The van der Waals surface area contributed by atoms with Gasteiger partial charge in [-0.15, -0.1) is 0 Å². The number of carbonyl (C=O) groups is 2. The molecule has 7 heteroatoms. The summed E-state index contributed by atoms with van der Waals surface area (Å²) in [6.07, 6.45) is 0.350. The first-order valence-electron chi connectivity index (χ1n) is 7.63. The van der Waals surface area contributed by atoms with Crippen LogP contribution in [-0.2, 0) is 22.7 Å². The number of benzene rings is 1. The van der Waals surface area contributed by atoms with E-state index >= 15 is 0 Å². The van der Waals surface area contributed by atoms with Crippen molar-refractivity contribution in [2.75, 3.05) is 0 Å². The van der Waals surface area contributed by atoms with E-state index in [-0.39, 0.29) is 30.6 Å². The van der Waals surface area contributed by atoms with Gasteiger partial charge in [0.05, 0.1) is 11.0 Å². The van der Waals surface area contributed by atoms with Crippen LogP contribution in [0.1, 0.15) is 26.7 Å². The molecule has 1 aromatic heterocycles. The molecule has 124 valence electrons. The number of nitrogens with one attached hydrogen (secondary N) is 1. The fraction of sp³-hybridized carbons (Fsp3) is 0.438. The lowest BCUT2D eigenvalue weighted by Gasteiger charge is -2.13. The number of amides is 1. The summed E-state index contributed by atoms with van der Waals surface area (Å²) in [4.78, 5) is 35.1. The summed E-state index contributed by atoms with van der Waals surface area (Å²) < 4.78 is 3.06. The number of fused-ring (bicyclic) bond motifs is 1. The predicted octanol–water partition coefficient (Wildman–Crippen LogP) is 1.19. The molecule has 0 aliphatic rings. The number of aliphatic carboxylic acids is 1. The number of carbonyl (C=O) groups excluding carboxylic acids is 1. The van der Waals surface area contributed by atoms with Crippen LogP contribution in [0.4, 0.5) is 0 Å². The molecular formula is C16H21N3O4. The van der Waals surface area contributed by atoms with Crippen LogP contribution < -0.4 is 11.0 Å². The number of hydrogen-bond donors (Lipinski definition) is 2. The first kappa shape index (κ1) is 16.8. The lowest BCUT2D eigenvalue weighted by atomic mass is 10.2. The van der Waals surface area contributed by atoms with Gasteiger partial charge in [0.2, 0.25) is 5.91 Å². The summed E-state index contributed by atoms with van der Waals surface area (Å²) in [5.41, 5.74) is 1.29. The van der Waals surface area contributed by atoms with Gasteiger partial charge in [-0.25, -0.2) is 4.79 Å². The Morgan fingerprint density at radius 3 is 2.39 bits per heavy atom. The molecule has 0 saturated heterocycles. The maximum absolute atomic E-state index is 12.4. The minimum atomic E-state index is -0.895. The molecule has 1 atom stereocenters. The standard InChI is InChI=1S/C16H21N3O4/c1-3-18-12-6-4-5-7-13(12)19(16(18)23)10-14(20)17-11(2)8-9-15(21)22/h4-7,11H,3,8-10H2,1-2H3,(H,17,20)(H,21,22). The van der Waals surface area contributed by atoms with Crippen molar-refractivity contribution in [2.45, 2.75) is 45.8 Å². The molecule has 0 radical (unpaired) electrons. The second kappa shape index (κ2) is 7.13. The van der Waals surface area contributed by atoms with E-state index in [1.165, 1.54) is 4.57 Å². The molecule has 0 aliphatic carbocycles. The van der Waals surface area contributed by atoms with Gasteiger partial charge in [-0.05, 0) is 32.4 Å². The lowest BCUT2D eigenvalue weighted by Crippen LogP contribution is -2.37. The molecule has 7 nitrogen and oxygen atoms in total. The minimum Gasteiger partial charge on any atom is -0.481 e. The highest BCUT2D eigenvalue weighted by atomic mass is 16.4. The summed E-state index contributed by atoms with van der Waals surface area (Å²) in [5.74, 6) is -1.20. The Bertz CT molecular complexity index is 775. The van der Waals surface area contributed by atoms with Crippen LogP contribution in [0.15, 0.2) is 29.1 Å². The molecule has 0 aliphatic heterocycles. The van der Waals surface area contributed by atoms with Crippen LogP contribution in [0.5, 0.6) is 0 Å². The molecule has 1 heterocycles. The SMILES string of the molecule is CCn1c(=O)n(CC(=O)NC(C)CCC(=O)O)c2ccccc21. The summed E-state index contributed by atoms with van der Waals surface area (Å²) in [5, 5.41) is 11.4. The van der Waals surface area contributed by atoms with Gasteiger partial charge < -0.3 is 10.4 Å². The smallest absolute Gasteiger partial charge is 0.329 e. The van der Waals surface area contributed by atoms with E-state index < -0.39 is 5.97 Å². The molecule has 23 heavy (non-hydrogen) atoms. The van der Waals surface area contributed by atoms with Crippen LogP contribution in [0, 0.1) is 0 Å². The number of aromatic nitrogens is 2. The van der Waals surface area contributed by atoms with E-state index in [1.54, 1.807) is 11.5 Å². The Kier molecular flexibility index (Phi) is 5.20. The fourth-order valence-electron chi connectivity index (χ4n) is 2.61. The summed E-state index contributed by atoms with van der Waals surface area (Å²) in [6.45, 7) is 4.08. The summed E-state index contributed by atoms with van der Waals surface area (Å²) in [7, 11) is 0. The molecule has 2 aromatic rings. The molecular weight excluding hydrogens is 298 g/mol. The highest BCUT2D eigenvalue weighted by Gasteiger charge is 2.15. The maximum atomic E-state index is 12.4. The fourth-order valence-corrected chi connectivity index (χ4v) is 2.61. The van der Waals surface area contributed by atoms with E-state index in [9.17, 15) is 14.4 Å². The topological polar surface area (TPSA) is 93.3 Å². The van der Waals surface area contributed by atoms with E-state index in [4.69, 9.17) is 5.11 Å². The molecule has 0 spiro atoms. The molecule has 2 rings (SSSR count). The van der Waals surface area contributed by atoms with E-state index in [1.807, 2.05) is 31.2 Å². The Morgan fingerprint density at radius 2 is 1.83 bits per heavy atom. The van der Waals surface area contributed by atoms with Gasteiger partial charge >= 0.3 is 11.7 Å². The third kappa shape index (κ3) is 3.80. The average Bonchev–Trinajstić information content (AvgIpc) is 2.77. The third-order valence-electron chi connectivity index (χ3n) is 3.74. The zero-order chi connectivity index (χ0) is 17.0. The minimum absolute atomic E-state index is 0.00344. The third-order valence-corrected chi connectivity index (χ3v) is 3.74. The van der Waals surface area contributed by atoms with Crippen molar-refractivity contribution in [1.82, 2.24) is 14.5 Å². The number of carboxylic acids is 1. The van der Waals surface area contributed by atoms with Gasteiger partial charge in [0.15, 0.2) is 0 Å². The van der Waals surface area contributed by atoms with Gasteiger partial charge in [0.1, 0.15) is 6.54 Å². The van der Waals surface area contributed by atoms with E-state index in [0.29, 0.717) is 18.5 Å². The number of hydrogen-bond acceptors (Lipinski definition) is 3. The van der Waals surface area contributed by atoms with Gasteiger partial charge in [-0.2, -0.15) is 0 Å². The average molecular weight is 319 g/mol. The van der Waals surface area contributed by atoms with Crippen molar-refractivity contribution in [3.8, 4) is 0 Å². The largest absolute Gasteiger partial charge is 0.481 e. The molecule has 1 aromatic carbocycles. The molecule has 1 unspecified atom stereocenters. The van der Waals surface area contributed by atoms with Crippen LogP contribution in [0.2, 0.25) is 0 Å². The molecule has 0 fully saturated rings. The molecule has 0 bridgehead atoms. The maximum Gasteiger partial charge on any atom is 0.329 e. The lowest BCUT2D eigenvalue weighted by molar-refractivity contribution is -0.137. The zero-order valence-corrected chi connectivity index (χ0v) is 13.3. The normalized spacial score (nSPS) is 12.3. The highest BCUT2D eigenvalue weighted by molar-refractivity contribution is 5.81. The summed E-state index contributed by atoms with van der Waals surface area (Å²) in [6, 6.07) is 7.08. The van der Waals surface area contributed by atoms with Crippen molar-refractivity contribution < 1.29 is 14.7 Å². The molecule has 0 saturated carbocycles. The van der Waals surface area contributed by atoms with Crippen molar-refractivity contribution in [1.29, 1.82) is 0 Å². The second-order valence-corrected chi connectivity index (χ2v) is 5.50. The molecule has 1 amide bonds. The van der Waals surface area contributed by atoms with Crippen LogP contribution in [-0.4, -0.2) is 32.2 Å². The van der Waals surface area contributed by atoms with Crippen molar-refractivity contribution in [2.24, 2.45) is 0 Å². The quantitative estimate of drug-likeness (QED) is 0.801. The van der Waals surface area contributed by atoms with Crippen LogP contribution in [0.25, 0.3) is 11.0 Å². The Balaban J connectivity index is 2.15. The second-order valence-electron chi connectivity index (χ2n) is 5.50. The number of aryl methyl sites for hydroxylation is 1. The Hall–Kier alpha value is -2.57. The summed E-state index contributed by atoms with van der Waals surface area (Å²) >= 11 is 0. The predicted molar refractivity (Wildman–Crippen MR) is 86.3 cm³/mol. The highest BCUT2D eigenvalue weighted by Crippen LogP contribution is 2.12. The Labute approximate surface area is 133 Å².